The summed E-state index contributed by atoms with van der Waals surface area (Å²) in [5.74, 6) is -0.293. The first-order valence-corrected chi connectivity index (χ1v) is 8.57. The maximum Gasteiger partial charge on any atom is 0.287 e. The minimum Gasteiger partial charge on any atom is -0.487 e. The van der Waals surface area contributed by atoms with Crippen molar-refractivity contribution in [2.75, 3.05) is 11.9 Å². The normalized spacial score (nSPS) is 19.1. The smallest absolute Gasteiger partial charge is 0.287 e. The third kappa shape index (κ3) is 5.10. The predicted octanol–water partition coefficient (Wildman–Crippen LogP) is 4.24. The third-order valence-electron chi connectivity index (χ3n) is 2.71. The van der Waals surface area contributed by atoms with E-state index < -0.39 is 15.9 Å². The molecule has 1 aromatic carbocycles. The molecule has 1 heterocycles. The number of anilines is 1. The van der Waals surface area contributed by atoms with Gasteiger partial charge in [0.05, 0.1) is 4.83 Å². The lowest BCUT2D eigenvalue weighted by Crippen LogP contribution is -2.49. The Morgan fingerprint density at radius 3 is 2.45 bits per heavy atom. The minimum absolute atomic E-state index is 0.0105. The summed E-state index contributed by atoms with van der Waals surface area (Å²) in [6, 6.07) is 6.77. The van der Waals surface area contributed by atoms with Crippen molar-refractivity contribution in [1.29, 1.82) is 0 Å². The summed E-state index contributed by atoms with van der Waals surface area (Å²) in [6.45, 7) is 0.381. The molecule has 9 heteroatoms. The van der Waals surface area contributed by atoms with Crippen LogP contribution in [0.4, 0.5) is 5.69 Å². The van der Waals surface area contributed by atoms with Crippen LogP contribution in [0.3, 0.4) is 0 Å². The number of alkyl halides is 4. The zero-order valence-corrected chi connectivity index (χ0v) is 15.6. The largest absolute Gasteiger partial charge is 0.487 e. The number of rotatable bonds is 4. The van der Waals surface area contributed by atoms with Gasteiger partial charge < -0.3 is 15.4 Å². The van der Waals surface area contributed by atoms with Crippen LogP contribution < -0.4 is 10.6 Å². The van der Waals surface area contributed by atoms with Gasteiger partial charge in [-0.15, -0.1) is 0 Å². The van der Waals surface area contributed by atoms with Gasteiger partial charge in [-0.1, -0.05) is 62.3 Å². The molecule has 120 valence electrons. The highest BCUT2D eigenvalue weighted by Gasteiger charge is 2.35. The summed E-state index contributed by atoms with van der Waals surface area (Å²) in [6.07, 6.45) is 0.692. The Hall–Kier alpha value is -0.330. The van der Waals surface area contributed by atoms with Gasteiger partial charge in [0.25, 0.3) is 5.91 Å². The molecule has 0 aromatic heterocycles. The van der Waals surface area contributed by atoms with Crippen LogP contribution in [0.1, 0.15) is 0 Å². The molecule has 0 radical (unpaired) electrons. The highest BCUT2D eigenvalue weighted by atomic mass is 79.9. The van der Waals surface area contributed by atoms with Crippen LogP contribution in [-0.4, -0.2) is 27.3 Å². The lowest BCUT2D eigenvalue weighted by Gasteiger charge is -2.27. The van der Waals surface area contributed by atoms with Crippen LogP contribution in [0.2, 0.25) is 5.02 Å². The summed E-state index contributed by atoms with van der Waals surface area (Å²) < 4.78 is 3.47. The van der Waals surface area contributed by atoms with Gasteiger partial charge in [-0.25, -0.2) is 0 Å². The number of halogens is 5. The van der Waals surface area contributed by atoms with Crippen molar-refractivity contribution >= 4 is 73.9 Å². The standard InChI is InChI=1S/C13H11BrCl4N2O2/c14-7-5-10(22-6-7)11(21)20-12(13(16,17)18)19-9-3-1-8(15)2-4-9/h1-5,7,12,19H,6H2,(H,20,21). The fourth-order valence-electron chi connectivity index (χ4n) is 1.69. The van der Waals surface area contributed by atoms with E-state index in [-0.39, 0.29) is 10.6 Å². The van der Waals surface area contributed by atoms with Crippen LogP contribution in [0.15, 0.2) is 36.1 Å². The van der Waals surface area contributed by atoms with Crippen LogP contribution in [0.5, 0.6) is 0 Å². The molecule has 2 N–H and O–H groups in total. The number of hydrogen-bond acceptors (Lipinski definition) is 3. The van der Waals surface area contributed by atoms with Crippen molar-refractivity contribution < 1.29 is 9.53 Å². The predicted molar refractivity (Wildman–Crippen MR) is 94.0 cm³/mol. The van der Waals surface area contributed by atoms with E-state index in [1.165, 1.54) is 0 Å². The van der Waals surface area contributed by atoms with Crippen LogP contribution >= 0.6 is 62.3 Å². The number of carbonyl (C=O) groups is 1. The zero-order chi connectivity index (χ0) is 16.3. The monoisotopic (exact) mass is 446 g/mol. The van der Waals surface area contributed by atoms with Crippen LogP contribution in [-0.2, 0) is 9.53 Å². The lowest BCUT2D eigenvalue weighted by atomic mass is 10.3. The van der Waals surface area contributed by atoms with Gasteiger partial charge in [0.15, 0.2) is 5.76 Å². The fourth-order valence-corrected chi connectivity index (χ4v) is 2.51. The Labute approximate surface area is 156 Å². The molecule has 4 nitrogen and oxygen atoms in total. The molecule has 0 saturated heterocycles. The number of carbonyl (C=O) groups excluding carboxylic acids is 1. The molecule has 1 aliphatic rings. The minimum atomic E-state index is -1.76. The Kier molecular flexibility index (Phi) is 6.14. The van der Waals surface area contributed by atoms with Gasteiger partial charge in [0, 0.05) is 10.7 Å². The molecule has 0 bridgehead atoms. The summed E-state index contributed by atoms with van der Waals surface area (Å²) in [4.78, 5) is 12.1. The maximum atomic E-state index is 12.1. The van der Waals surface area contributed by atoms with Crippen molar-refractivity contribution in [2.24, 2.45) is 0 Å². The number of hydrogen-bond donors (Lipinski definition) is 2. The summed E-state index contributed by atoms with van der Waals surface area (Å²) in [7, 11) is 0. The highest BCUT2D eigenvalue weighted by Crippen LogP contribution is 2.31. The average Bonchev–Trinajstić information content (AvgIpc) is 2.86. The summed E-state index contributed by atoms with van der Waals surface area (Å²) in [5, 5.41) is 6.10. The molecule has 0 aliphatic carbocycles. The molecule has 2 atom stereocenters. The second kappa shape index (κ2) is 7.49. The number of amides is 1. The van der Waals surface area contributed by atoms with Crippen LogP contribution in [0, 0.1) is 0 Å². The molecule has 22 heavy (non-hydrogen) atoms. The van der Waals surface area contributed by atoms with Crippen molar-refractivity contribution in [2.45, 2.75) is 14.8 Å². The Balaban J connectivity index is 2.08. The van der Waals surface area contributed by atoms with Crippen molar-refractivity contribution in [3.05, 3.63) is 41.1 Å². The Morgan fingerprint density at radius 1 is 1.32 bits per heavy atom. The van der Waals surface area contributed by atoms with E-state index >= 15 is 0 Å². The van der Waals surface area contributed by atoms with E-state index in [0.29, 0.717) is 17.3 Å². The molecular weight excluding hydrogens is 438 g/mol. The van der Waals surface area contributed by atoms with E-state index in [1.807, 2.05) is 0 Å². The quantitative estimate of drug-likeness (QED) is 0.535. The van der Waals surface area contributed by atoms with Gasteiger partial charge in [-0.3, -0.25) is 4.79 Å². The second-order valence-electron chi connectivity index (χ2n) is 4.46. The van der Waals surface area contributed by atoms with E-state index in [0.717, 1.165) is 0 Å². The molecule has 0 fully saturated rings. The number of nitrogens with one attached hydrogen (secondary N) is 2. The van der Waals surface area contributed by atoms with E-state index in [2.05, 4.69) is 26.6 Å². The fraction of sp³-hybridized carbons (Fsp3) is 0.308. The van der Waals surface area contributed by atoms with Gasteiger partial charge in [0.1, 0.15) is 12.8 Å². The molecule has 0 spiro atoms. The highest BCUT2D eigenvalue weighted by molar-refractivity contribution is 9.09. The SMILES string of the molecule is O=C(NC(Nc1ccc(Cl)cc1)C(Cl)(Cl)Cl)C1=CC(Br)CO1. The molecule has 0 saturated carbocycles. The van der Waals surface area contributed by atoms with Crippen molar-refractivity contribution in [1.82, 2.24) is 5.32 Å². The molecule has 1 aliphatic heterocycles. The first-order chi connectivity index (χ1) is 10.3. The topological polar surface area (TPSA) is 50.4 Å². The van der Waals surface area contributed by atoms with E-state index in [1.54, 1.807) is 30.3 Å². The average molecular weight is 449 g/mol. The molecule has 1 aromatic rings. The lowest BCUT2D eigenvalue weighted by molar-refractivity contribution is -0.121. The second-order valence-corrected chi connectivity index (χ2v) is 8.44. The Bertz CT molecular complexity index is 574. The summed E-state index contributed by atoms with van der Waals surface area (Å²) in [5.41, 5.74) is 0.640. The maximum absolute atomic E-state index is 12.1. The van der Waals surface area contributed by atoms with Gasteiger partial charge in [-0.05, 0) is 30.3 Å². The van der Waals surface area contributed by atoms with Gasteiger partial charge in [0.2, 0.25) is 3.79 Å². The van der Waals surface area contributed by atoms with Gasteiger partial charge in [-0.2, -0.15) is 0 Å². The zero-order valence-electron chi connectivity index (χ0n) is 11.0. The molecule has 2 rings (SSSR count). The Morgan fingerprint density at radius 2 is 1.95 bits per heavy atom. The molecule has 2 unspecified atom stereocenters. The molecular formula is C13H11BrCl4N2O2. The van der Waals surface area contributed by atoms with E-state index in [9.17, 15) is 4.79 Å². The molecule has 1 amide bonds. The van der Waals surface area contributed by atoms with E-state index in [4.69, 9.17) is 51.1 Å². The third-order valence-corrected chi connectivity index (χ3v) is 4.15. The van der Waals surface area contributed by atoms with Crippen LogP contribution in [0.25, 0.3) is 0 Å². The van der Waals surface area contributed by atoms with Gasteiger partial charge >= 0.3 is 0 Å². The first-order valence-electron chi connectivity index (χ1n) is 6.14. The van der Waals surface area contributed by atoms with Crippen molar-refractivity contribution in [3.8, 4) is 0 Å². The first kappa shape index (κ1) is 18.0. The summed E-state index contributed by atoms with van der Waals surface area (Å²) >= 11 is 26.9. The number of benzene rings is 1. The number of ether oxygens (including phenoxy) is 1. The van der Waals surface area contributed by atoms with Crippen molar-refractivity contribution in [3.63, 3.8) is 0 Å².